The van der Waals surface area contributed by atoms with Gasteiger partial charge in [0, 0.05) is 24.9 Å². The van der Waals surface area contributed by atoms with Crippen LogP contribution in [0.4, 0.5) is 4.79 Å². The zero-order chi connectivity index (χ0) is 23.8. The number of amides is 2. The number of rotatable bonds is 7. The van der Waals surface area contributed by atoms with Gasteiger partial charge in [0.05, 0.1) is 5.92 Å². The molecule has 0 aromatic heterocycles. The van der Waals surface area contributed by atoms with Crippen LogP contribution in [0.3, 0.4) is 0 Å². The third kappa shape index (κ3) is 4.04. The highest BCUT2D eigenvalue weighted by molar-refractivity contribution is 5.87. The van der Waals surface area contributed by atoms with Crippen LogP contribution in [-0.2, 0) is 14.3 Å². The maximum absolute atomic E-state index is 13.1. The number of aliphatic carboxylic acids is 1. The van der Waals surface area contributed by atoms with E-state index in [0.717, 1.165) is 41.5 Å². The summed E-state index contributed by atoms with van der Waals surface area (Å²) in [6.07, 6.45) is 2.24. The molecule has 2 fully saturated rings. The molecule has 2 atom stereocenters. The third-order valence-corrected chi connectivity index (χ3v) is 7.82. The molecule has 1 heterocycles. The van der Waals surface area contributed by atoms with E-state index in [1.807, 2.05) is 24.3 Å². The molecule has 1 saturated carbocycles. The third-order valence-electron chi connectivity index (χ3n) is 7.82. The van der Waals surface area contributed by atoms with E-state index in [1.54, 1.807) is 11.8 Å². The summed E-state index contributed by atoms with van der Waals surface area (Å²) in [6, 6.07) is 15.7. The molecule has 0 bridgehead atoms. The Kier molecular flexibility index (Phi) is 6.02. The van der Waals surface area contributed by atoms with E-state index in [2.05, 4.69) is 29.6 Å². The number of carbonyl (C=O) groups excluding carboxylic acids is 2. The Morgan fingerprint density at radius 2 is 1.59 bits per heavy atom. The van der Waals surface area contributed by atoms with Gasteiger partial charge in [0.2, 0.25) is 5.91 Å². The quantitative estimate of drug-likeness (QED) is 0.651. The number of carbonyl (C=O) groups is 3. The van der Waals surface area contributed by atoms with Crippen LogP contribution in [0.15, 0.2) is 48.5 Å². The molecule has 178 valence electrons. The number of likely N-dealkylation sites (tertiary alicyclic amines) is 1. The van der Waals surface area contributed by atoms with Gasteiger partial charge in [-0.1, -0.05) is 61.9 Å². The van der Waals surface area contributed by atoms with Gasteiger partial charge < -0.3 is 20.1 Å². The number of carboxylic acid groups (broad SMARTS) is 1. The van der Waals surface area contributed by atoms with Crippen LogP contribution >= 0.6 is 0 Å². The molecule has 7 heteroatoms. The summed E-state index contributed by atoms with van der Waals surface area (Å²) in [7, 11) is 0. The van der Waals surface area contributed by atoms with Crippen molar-refractivity contribution in [2.75, 3.05) is 19.7 Å². The highest BCUT2D eigenvalue weighted by atomic mass is 16.5. The number of ether oxygens (including phenoxy) is 1. The predicted molar refractivity (Wildman–Crippen MR) is 126 cm³/mol. The Balaban J connectivity index is 1.22. The van der Waals surface area contributed by atoms with Gasteiger partial charge in [0.25, 0.3) is 0 Å². The maximum atomic E-state index is 13.1. The van der Waals surface area contributed by atoms with Crippen molar-refractivity contribution in [2.45, 2.75) is 38.1 Å². The molecule has 5 rings (SSSR count). The van der Waals surface area contributed by atoms with E-state index in [0.29, 0.717) is 13.1 Å². The van der Waals surface area contributed by atoms with Crippen molar-refractivity contribution >= 4 is 18.0 Å². The highest BCUT2D eigenvalue weighted by Gasteiger charge is 2.43. The molecule has 2 aliphatic carbocycles. The summed E-state index contributed by atoms with van der Waals surface area (Å²) < 4.78 is 5.66. The summed E-state index contributed by atoms with van der Waals surface area (Å²) in [4.78, 5) is 38.8. The Morgan fingerprint density at radius 3 is 2.12 bits per heavy atom. The first-order valence-electron chi connectivity index (χ1n) is 12.1. The van der Waals surface area contributed by atoms with Crippen molar-refractivity contribution in [1.82, 2.24) is 10.2 Å². The molecule has 34 heavy (non-hydrogen) atoms. The average Bonchev–Trinajstić information content (AvgIpc) is 3.08. The fourth-order valence-corrected chi connectivity index (χ4v) is 5.33. The smallest absolute Gasteiger partial charge is 0.407 e. The van der Waals surface area contributed by atoms with Crippen LogP contribution in [0.5, 0.6) is 0 Å². The molecule has 2 aromatic carbocycles. The molecule has 0 radical (unpaired) electrons. The molecule has 2 aromatic rings. The molecule has 1 aliphatic heterocycles. The second-order valence-corrected chi connectivity index (χ2v) is 9.77. The zero-order valence-corrected chi connectivity index (χ0v) is 19.3. The Morgan fingerprint density at radius 1 is 1.00 bits per heavy atom. The van der Waals surface area contributed by atoms with Crippen molar-refractivity contribution in [1.29, 1.82) is 0 Å². The highest BCUT2D eigenvalue weighted by Crippen LogP contribution is 2.44. The van der Waals surface area contributed by atoms with Crippen LogP contribution in [0.1, 0.15) is 43.2 Å². The molecule has 2 unspecified atom stereocenters. The lowest BCUT2D eigenvalue weighted by Crippen LogP contribution is -2.61. The molecule has 2 N–H and O–H groups in total. The molecule has 0 spiro atoms. The topological polar surface area (TPSA) is 95.9 Å². The monoisotopic (exact) mass is 462 g/mol. The first-order chi connectivity index (χ1) is 16.4. The van der Waals surface area contributed by atoms with Crippen molar-refractivity contribution in [3.05, 3.63) is 59.7 Å². The lowest BCUT2D eigenvalue weighted by Gasteiger charge is -2.44. The first-order valence-corrected chi connectivity index (χ1v) is 12.1. The van der Waals surface area contributed by atoms with Gasteiger partial charge in [0.1, 0.15) is 12.6 Å². The molecule has 7 nitrogen and oxygen atoms in total. The maximum Gasteiger partial charge on any atom is 0.407 e. The largest absolute Gasteiger partial charge is 0.481 e. The summed E-state index contributed by atoms with van der Waals surface area (Å²) in [5.74, 6) is -1.44. The normalized spacial score (nSPS) is 19.3. The minimum Gasteiger partial charge on any atom is -0.481 e. The van der Waals surface area contributed by atoms with Gasteiger partial charge in [-0.15, -0.1) is 0 Å². The van der Waals surface area contributed by atoms with E-state index < -0.39 is 24.0 Å². The summed E-state index contributed by atoms with van der Waals surface area (Å²) in [5, 5.41) is 12.0. The van der Waals surface area contributed by atoms with E-state index in [9.17, 15) is 19.5 Å². The molecule has 1 saturated heterocycles. The summed E-state index contributed by atoms with van der Waals surface area (Å²) in [5.41, 5.74) is 4.61. The lowest BCUT2D eigenvalue weighted by molar-refractivity contribution is -0.152. The first kappa shape index (κ1) is 22.4. The number of nitrogens with one attached hydrogen (secondary N) is 1. The van der Waals surface area contributed by atoms with E-state index in [-0.39, 0.29) is 30.3 Å². The number of hydrogen-bond donors (Lipinski definition) is 2. The Bertz CT molecular complexity index is 1060. The summed E-state index contributed by atoms with van der Waals surface area (Å²) in [6.45, 7) is 2.71. The number of nitrogens with zero attached hydrogens (tertiary/aromatic N) is 1. The Hall–Kier alpha value is -3.35. The van der Waals surface area contributed by atoms with Crippen LogP contribution < -0.4 is 5.32 Å². The Labute approximate surface area is 199 Å². The van der Waals surface area contributed by atoms with Crippen molar-refractivity contribution < 1.29 is 24.2 Å². The SMILES string of the molecule is CC(C(=O)O)C1CN(C(=O)C(NC(=O)OCC2c3ccccc3-c3ccccc32)C2CCC2)C1. The van der Waals surface area contributed by atoms with Gasteiger partial charge in [-0.05, 0) is 41.0 Å². The van der Waals surface area contributed by atoms with Crippen molar-refractivity contribution in [2.24, 2.45) is 17.8 Å². The minimum atomic E-state index is -0.843. The number of hydrogen-bond acceptors (Lipinski definition) is 4. The summed E-state index contributed by atoms with van der Waals surface area (Å²) >= 11 is 0. The van der Waals surface area contributed by atoms with Crippen LogP contribution in [0.25, 0.3) is 11.1 Å². The van der Waals surface area contributed by atoms with Crippen molar-refractivity contribution in [3.63, 3.8) is 0 Å². The van der Waals surface area contributed by atoms with Gasteiger partial charge in [-0.25, -0.2) is 4.79 Å². The van der Waals surface area contributed by atoms with Gasteiger partial charge in [-0.3, -0.25) is 9.59 Å². The van der Waals surface area contributed by atoms with Gasteiger partial charge in [0.15, 0.2) is 0 Å². The van der Waals surface area contributed by atoms with Crippen molar-refractivity contribution in [3.8, 4) is 11.1 Å². The molecular formula is C27H30N2O5. The molecule has 3 aliphatic rings. The standard InChI is InChI=1S/C27H30N2O5/c1-16(26(31)32)18-13-29(14-18)25(30)24(17-7-6-8-17)28-27(33)34-15-23-21-11-4-2-9-19(21)20-10-3-5-12-22(20)23/h2-5,9-12,16-18,23-24H,6-8,13-15H2,1H3,(H,28,33)(H,31,32). The fraction of sp³-hybridized carbons (Fsp3) is 0.444. The van der Waals surface area contributed by atoms with Crippen LogP contribution in [-0.4, -0.2) is 53.7 Å². The predicted octanol–water partition coefficient (Wildman–Crippen LogP) is 3.87. The fourth-order valence-electron chi connectivity index (χ4n) is 5.33. The minimum absolute atomic E-state index is 0.0374. The lowest BCUT2D eigenvalue weighted by atomic mass is 9.78. The van der Waals surface area contributed by atoms with Gasteiger partial charge >= 0.3 is 12.1 Å². The van der Waals surface area contributed by atoms with E-state index in [4.69, 9.17) is 4.74 Å². The molecular weight excluding hydrogens is 432 g/mol. The number of carboxylic acids is 1. The zero-order valence-electron chi connectivity index (χ0n) is 19.3. The number of benzene rings is 2. The second kappa shape index (κ2) is 9.12. The van der Waals surface area contributed by atoms with E-state index in [1.165, 1.54) is 0 Å². The number of fused-ring (bicyclic) bond motifs is 3. The van der Waals surface area contributed by atoms with Crippen LogP contribution in [0.2, 0.25) is 0 Å². The van der Waals surface area contributed by atoms with Gasteiger partial charge in [-0.2, -0.15) is 0 Å². The van der Waals surface area contributed by atoms with E-state index >= 15 is 0 Å². The molecule has 2 amide bonds. The number of alkyl carbamates (subject to hydrolysis) is 1. The average molecular weight is 463 g/mol. The second-order valence-electron chi connectivity index (χ2n) is 9.77. The van der Waals surface area contributed by atoms with Crippen LogP contribution in [0, 0.1) is 17.8 Å².